The zero-order valence-corrected chi connectivity index (χ0v) is 26.8. The number of para-hydroxylation sites is 3. The Hall–Kier alpha value is -6.32. The van der Waals surface area contributed by atoms with Gasteiger partial charge in [0.25, 0.3) is 0 Å². The van der Waals surface area contributed by atoms with Crippen molar-refractivity contribution in [2.45, 2.75) is 12.0 Å². The van der Waals surface area contributed by atoms with Crippen LogP contribution in [0.2, 0.25) is 0 Å². The lowest BCUT2D eigenvalue weighted by Crippen LogP contribution is -2.19. The number of nitrogens with zero attached hydrogens (tertiary/aromatic N) is 2. The molecular weight excluding hydrogens is 597 g/mol. The Balaban J connectivity index is 1.12. The Labute approximate surface area is 285 Å². The van der Waals surface area contributed by atoms with E-state index in [1.807, 2.05) is 0 Å². The Morgan fingerprint density at radius 2 is 1.27 bits per heavy atom. The molecule has 0 saturated carbocycles. The van der Waals surface area contributed by atoms with E-state index in [9.17, 15) is 0 Å². The molecule has 3 heteroatoms. The summed E-state index contributed by atoms with van der Waals surface area (Å²) in [6.07, 6.45) is 6.58. The first-order valence-electron chi connectivity index (χ1n) is 16.9. The molecule has 0 fully saturated rings. The normalized spacial score (nSPS) is 16.4. The summed E-state index contributed by atoms with van der Waals surface area (Å²) >= 11 is 0. The topological polar surface area (TPSA) is 17.4 Å². The van der Waals surface area contributed by atoms with Crippen molar-refractivity contribution in [3.05, 3.63) is 193 Å². The second-order valence-corrected chi connectivity index (χ2v) is 12.9. The minimum absolute atomic E-state index is 0.0276. The molecular formula is C46H32N2O. The van der Waals surface area contributed by atoms with Gasteiger partial charge in [-0.2, -0.15) is 0 Å². The van der Waals surface area contributed by atoms with Crippen LogP contribution >= 0.6 is 0 Å². The van der Waals surface area contributed by atoms with Gasteiger partial charge in [-0.3, -0.25) is 0 Å². The van der Waals surface area contributed by atoms with E-state index in [0.717, 1.165) is 28.5 Å². The Bertz CT molecular complexity index is 2580. The highest BCUT2D eigenvalue weighted by molar-refractivity contribution is 6.19. The molecule has 3 nitrogen and oxygen atoms in total. The third kappa shape index (κ3) is 4.43. The molecule has 0 bridgehead atoms. The highest BCUT2D eigenvalue weighted by atomic mass is 16.5. The van der Waals surface area contributed by atoms with Crippen LogP contribution in [-0.2, 0) is 0 Å². The molecule has 2 atom stereocenters. The first kappa shape index (κ1) is 27.8. The number of aromatic nitrogens is 1. The third-order valence-electron chi connectivity index (χ3n) is 10.1. The van der Waals surface area contributed by atoms with Gasteiger partial charge in [0.05, 0.1) is 17.0 Å². The van der Waals surface area contributed by atoms with Crippen LogP contribution in [0.25, 0.3) is 43.8 Å². The van der Waals surface area contributed by atoms with E-state index in [-0.39, 0.29) is 12.0 Å². The zero-order valence-electron chi connectivity index (χ0n) is 26.8. The maximum Gasteiger partial charge on any atom is 0.128 e. The lowest BCUT2D eigenvalue weighted by atomic mass is 9.81. The molecule has 7 aromatic carbocycles. The van der Waals surface area contributed by atoms with Gasteiger partial charge in [0, 0.05) is 44.5 Å². The summed E-state index contributed by atoms with van der Waals surface area (Å²) in [5.74, 6) is 1.18. The van der Waals surface area contributed by atoms with Crippen molar-refractivity contribution in [3.63, 3.8) is 0 Å². The van der Waals surface area contributed by atoms with Crippen LogP contribution in [0, 0.1) is 0 Å². The van der Waals surface area contributed by atoms with Crippen molar-refractivity contribution < 1.29 is 4.74 Å². The quantitative estimate of drug-likeness (QED) is 0.189. The predicted octanol–water partition coefficient (Wildman–Crippen LogP) is 11.9. The van der Waals surface area contributed by atoms with Crippen LogP contribution in [-0.4, -0.2) is 10.7 Å². The molecule has 1 aromatic heterocycles. The molecule has 2 aliphatic rings. The largest absolute Gasteiger partial charge is 0.485 e. The smallest absolute Gasteiger partial charge is 0.128 e. The average Bonchev–Trinajstić information content (AvgIpc) is 3.72. The molecule has 10 rings (SSSR count). The minimum Gasteiger partial charge on any atom is -0.485 e. The number of benzene rings is 7. The summed E-state index contributed by atoms with van der Waals surface area (Å²) in [5, 5.41) is 4.96. The summed E-state index contributed by atoms with van der Waals surface area (Å²) < 4.78 is 8.74. The molecule has 2 unspecified atom stereocenters. The maximum absolute atomic E-state index is 6.32. The fourth-order valence-corrected chi connectivity index (χ4v) is 7.96. The van der Waals surface area contributed by atoms with E-state index < -0.39 is 0 Å². The number of allylic oxidation sites excluding steroid dienone is 2. The van der Waals surface area contributed by atoms with E-state index in [1.165, 1.54) is 49.3 Å². The van der Waals surface area contributed by atoms with Crippen molar-refractivity contribution in [1.82, 2.24) is 4.57 Å². The summed E-state index contributed by atoms with van der Waals surface area (Å²) in [4.78, 5) is 2.36. The van der Waals surface area contributed by atoms with Crippen LogP contribution in [0.5, 0.6) is 5.75 Å². The summed E-state index contributed by atoms with van der Waals surface area (Å²) in [6, 6.07) is 59.0. The third-order valence-corrected chi connectivity index (χ3v) is 10.1. The lowest BCUT2D eigenvalue weighted by molar-refractivity contribution is 0.271. The van der Waals surface area contributed by atoms with E-state index in [1.54, 1.807) is 0 Å². The Morgan fingerprint density at radius 3 is 2.12 bits per heavy atom. The van der Waals surface area contributed by atoms with Crippen molar-refractivity contribution in [2.75, 3.05) is 4.90 Å². The van der Waals surface area contributed by atoms with Gasteiger partial charge in [-0.1, -0.05) is 115 Å². The van der Waals surface area contributed by atoms with Crippen molar-refractivity contribution in [3.8, 4) is 11.4 Å². The highest BCUT2D eigenvalue weighted by Gasteiger charge is 2.36. The van der Waals surface area contributed by atoms with Crippen molar-refractivity contribution in [2.24, 2.45) is 0 Å². The Morgan fingerprint density at radius 1 is 0.551 bits per heavy atom. The molecule has 0 radical (unpaired) electrons. The Kier molecular flexibility index (Phi) is 6.31. The number of ether oxygens (including phenoxy) is 1. The SMILES string of the molecule is C1=CC2Oc3ccccc3C2C(c2ccc(N(c3ccccc3)c3ccc4c(c3)c3ccc5ccccc5c3n4-c3ccccc3)cc2)=C1. The second-order valence-electron chi connectivity index (χ2n) is 12.9. The van der Waals surface area contributed by atoms with Crippen LogP contribution in [0.4, 0.5) is 17.1 Å². The summed E-state index contributed by atoms with van der Waals surface area (Å²) in [5.41, 5.74) is 10.7. The molecule has 8 aromatic rings. The molecule has 0 N–H and O–H groups in total. The van der Waals surface area contributed by atoms with E-state index in [4.69, 9.17) is 4.74 Å². The second kappa shape index (κ2) is 11.1. The number of hydrogen-bond acceptors (Lipinski definition) is 2. The average molecular weight is 629 g/mol. The fourth-order valence-electron chi connectivity index (χ4n) is 7.96. The molecule has 232 valence electrons. The zero-order chi connectivity index (χ0) is 32.3. The number of rotatable bonds is 5. The molecule has 0 saturated heterocycles. The van der Waals surface area contributed by atoms with E-state index >= 15 is 0 Å². The maximum atomic E-state index is 6.32. The van der Waals surface area contributed by atoms with Crippen LogP contribution < -0.4 is 9.64 Å². The van der Waals surface area contributed by atoms with Crippen LogP contribution in [0.1, 0.15) is 17.0 Å². The van der Waals surface area contributed by atoms with Gasteiger partial charge in [-0.15, -0.1) is 0 Å². The van der Waals surface area contributed by atoms with Gasteiger partial charge >= 0.3 is 0 Å². The van der Waals surface area contributed by atoms with Crippen molar-refractivity contribution >= 4 is 55.2 Å². The minimum atomic E-state index is 0.0276. The van der Waals surface area contributed by atoms with Gasteiger partial charge in [0.2, 0.25) is 0 Å². The van der Waals surface area contributed by atoms with E-state index in [2.05, 4.69) is 191 Å². The summed E-state index contributed by atoms with van der Waals surface area (Å²) in [6.45, 7) is 0. The van der Waals surface area contributed by atoms with Gasteiger partial charge < -0.3 is 14.2 Å². The molecule has 49 heavy (non-hydrogen) atoms. The highest BCUT2D eigenvalue weighted by Crippen LogP contribution is 2.48. The number of anilines is 3. The van der Waals surface area contributed by atoms with Gasteiger partial charge in [0.15, 0.2) is 0 Å². The summed E-state index contributed by atoms with van der Waals surface area (Å²) in [7, 11) is 0. The van der Waals surface area contributed by atoms with Gasteiger partial charge in [-0.05, 0) is 83.3 Å². The first-order chi connectivity index (χ1) is 24.3. The van der Waals surface area contributed by atoms with Gasteiger partial charge in [0.1, 0.15) is 11.9 Å². The number of hydrogen-bond donors (Lipinski definition) is 0. The van der Waals surface area contributed by atoms with Crippen molar-refractivity contribution in [1.29, 1.82) is 0 Å². The van der Waals surface area contributed by atoms with Gasteiger partial charge in [-0.25, -0.2) is 0 Å². The first-order valence-corrected chi connectivity index (χ1v) is 16.9. The monoisotopic (exact) mass is 628 g/mol. The van der Waals surface area contributed by atoms with Crippen LogP contribution in [0.3, 0.4) is 0 Å². The van der Waals surface area contributed by atoms with E-state index in [0.29, 0.717) is 0 Å². The molecule has 1 aliphatic carbocycles. The molecule has 0 amide bonds. The fraction of sp³-hybridized carbons (Fsp3) is 0.0435. The number of fused-ring (bicyclic) bond motifs is 8. The van der Waals surface area contributed by atoms with Crippen LogP contribution in [0.15, 0.2) is 182 Å². The standard InChI is InChI=1S/C46H32N2O/c1-3-13-33(14-4-1)47(35-25-22-32(23-26-35)37-19-11-21-44-45(37)40-18-9-10-20-43(40)49-44)36-27-29-42-41(30-36)39-28-24-31-12-7-8-17-38(31)46(39)48(42)34-15-5-2-6-16-34/h1-30,44-45H. The molecule has 0 spiro atoms. The molecule has 2 heterocycles. The predicted molar refractivity (Wildman–Crippen MR) is 204 cm³/mol. The lowest BCUT2D eigenvalue weighted by Gasteiger charge is -2.27. The molecule has 1 aliphatic heterocycles.